The zero-order valence-electron chi connectivity index (χ0n) is 8.55. The minimum Gasteiger partial charge on any atom is -0.466 e. The minimum atomic E-state index is 0.356. The molecule has 13 heavy (non-hydrogen) atoms. The van der Waals surface area contributed by atoms with Crippen molar-refractivity contribution in [1.29, 1.82) is 0 Å². The van der Waals surface area contributed by atoms with E-state index in [9.17, 15) is 0 Å². The van der Waals surface area contributed by atoms with Crippen LogP contribution in [0.15, 0.2) is 10.5 Å². The van der Waals surface area contributed by atoms with Gasteiger partial charge >= 0.3 is 0 Å². The first kappa shape index (κ1) is 10.3. The molecule has 1 atom stereocenters. The van der Waals surface area contributed by atoms with E-state index in [2.05, 4.69) is 18.3 Å². The Morgan fingerprint density at radius 2 is 2.23 bits per heavy atom. The first-order chi connectivity index (χ1) is 6.13. The predicted octanol–water partition coefficient (Wildman–Crippen LogP) is 1.33. The highest BCUT2D eigenvalue weighted by molar-refractivity contribution is 5.19. The van der Waals surface area contributed by atoms with E-state index in [4.69, 9.17) is 10.2 Å². The molecule has 0 spiro atoms. The summed E-state index contributed by atoms with van der Waals surface area (Å²) in [5.41, 5.74) is 6.71. The van der Waals surface area contributed by atoms with Crippen molar-refractivity contribution in [3.8, 4) is 0 Å². The number of hydrogen-bond donors (Lipinski definition) is 2. The van der Waals surface area contributed by atoms with Crippen molar-refractivity contribution in [1.82, 2.24) is 5.32 Å². The largest absolute Gasteiger partial charge is 0.466 e. The third-order valence-corrected chi connectivity index (χ3v) is 2.14. The number of nitrogens with one attached hydrogen (secondary N) is 1. The van der Waals surface area contributed by atoms with Gasteiger partial charge in [-0.05, 0) is 26.8 Å². The Morgan fingerprint density at radius 3 is 2.69 bits per heavy atom. The molecule has 0 aliphatic heterocycles. The van der Waals surface area contributed by atoms with Gasteiger partial charge in [-0.3, -0.25) is 0 Å². The number of nitrogens with two attached hydrogens (primary N) is 1. The molecule has 0 saturated carbocycles. The lowest BCUT2D eigenvalue weighted by molar-refractivity contribution is 0.494. The van der Waals surface area contributed by atoms with Gasteiger partial charge in [0, 0.05) is 24.7 Å². The summed E-state index contributed by atoms with van der Waals surface area (Å²) in [4.78, 5) is 0. The van der Waals surface area contributed by atoms with E-state index in [0.717, 1.165) is 18.1 Å². The Labute approximate surface area is 79.3 Å². The summed E-state index contributed by atoms with van der Waals surface area (Å²) in [6, 6.07) is 2.42. The quantitative estimate of drug-likeness (QED) is 0.738. The van der Waals surface area contributed by atoms with Crippen molar-refractivity contribution < 1.29 is 4.42 Å². The molecule has 0 aliphatic carbocycles. The van der Waals surface area contributed by atoms with Crippen LogP contribution in [0.4, 0.5) is 0 Å². The van der Waals surface area contributed by atoms with E-state index >= 15 is 0 Å². The molecule has 0 bridgehead atoms. The van der Waals surface area contributed by atoms with Crippen LogP contribution in [0.1, 0.15) is 24.0 Å². The van der Waals surface area contributed by atoms with Crippen molar-refractivity contribution in [3.63, 3.8) is 0 Å². The molecule has 3 nitrogen and oxygen atoms in total. The van der Waals surface area contributed by atoms with Gasteiger partial charge in [0.15, 0.2) is 0 Å². The van der Waals surface area contributed by atoms with E-state index in [1.54, 1.807) is 0 Å². The van der Waals surface area contributed by atoms with E-state index in [1.807, 2.05) is 13.8 Å². The van der Waals surface area contributed by atoms with Crippen LogP contribution in [0.2, 0.25) is 0 Å². The molecule has 0 unspecified atom stereocenters. The SMILES string of the molecule is Cc1cc(CN[C@H](C)CN)c(C)o1. The molecule has 3 heteroatoms. The topological polar surface area (TPSA) is 51.2 Å². The van der Waals surface area contributed by atoms with Crippen molar-refractivity contribution in [3.05, 3.63) is 23.2 Å². The van der Waals surface area contributed by atoms with Gasteiger partial charge in [0.1, 0.15) is 11.5 Å². The van der Waals surface area contributed by atoms with Crippen LogP contribution in [-0.4, -0.2) is 12.6 Å². The maximum Gasteiger partial charge on any atom is 0.105 e. The van der Waals surface area contributed by atoms with Crippen LogP contribution in [0.5, 0.6) is 0 Å². The van der Waals surface area contributed by atoms with E-state index in [1.165, 1.54) is 5.56 Å². The maximum atomic E-state index is 5.49. The molecule has 0 amide bonds. The monoisotopic (exact) mass is 182 g/mol. The van der Waals surface area contributed by atoms with E-state index < -0.39 is 0 Å². The van der Waals surface area contributed by atoms with Gasteiger partial charge in [-0.2, -0.15) is 0 Å². The molecule has 74 valence electrons. The predicted molar refractivity (Wildman–Crippen MR) is 53.5 cm³/mol. The highest BCUT2D eigenvalue weighted by Crippen LogP contribution is 2.13. The van der Waals surface area contributed by atoms with Crippen LogP contribution >= 0.6 is 0 Å². The Morgan fingerprint density at radius 1 is 1.54 bits per heavy atom. The highest BCUT2D eigenvalue weighted by Gasteiger charge is 2.05. The molecule has 0 saturated heterocycles. The van der Waals surface area contributed by atoms with Gasteiger partial charge in [0.05, 0.1) is 0 Å². The lowest BCUT2D eigenvalue weighted by Gasteiger charge is -2.09. The normalized spacial score (nSPS) is 13.2. The molecule has 0 fully saturated rings. The summed E-state index contributed by atoms with van der Waals surface area (Å²) < 4.78 is 5.41. The van der Waals surface area contributed by atoms with Crippen LogP contribution in [0, 0.1) is 13.8 Å². The number of furan rings is 1. The molecule has 0 aromatic carbocycles. The van der Waals surface area contributed by atoms with Crippen molar-refractivity contribution in [2.24, 2.45) is 5.73 Å². The maximum absolute atomic E-state index is 5.49. The smallest absolute Gasteiger partial charge is 0.105 e. The molecular weight excluding hydrogens is 164 g/mol. The number of hydrogen-bond acceptors (Lipinski definition) is 3. The van der Waals surface area contributed by atoms with E-state index in [0.29, 0.717) is 12.6 Å². The standard InChI is InChI=1S/C10H18N2O/c1-7(5-11)12-6-10-4-8(2)13-9(10)3/h4,7,12H,5-6,11H2,1-3H3/t7-/m1/s1. The second-order valence-electron chi connectivity index (χ2n) is 3.46. The minimum absolute atomic E-state index is 0.356. The van der Waals surface area contributed by atoms with Crippen LogP contribution < -0.4 is 11.1 Å². The van der Waals surface area contributed by atoms with Gasteiger partial charge in [-0.15, -0.1) is 0 Å². The van der Waals surface area contributed by atoms with Crippen LogP contribution in [0.3, 0.4) is 0 Å². The average Bonchev–Trinajstić information content (AvgIpc) is 2.41. The third-order valence-electron chi connectivity index (χ3n) is 2.14. The van der Waals surface area contributed by atoms with Gasteiger partial charge in [-0.1, -0.05) is 0 Å². The zero-order chi connectivity index (χ0) is 9.84. The molecule has 1 heterocycles. The molecule has 1 rings (SSSR count). The zero-order valence-corrected chi connectivity index (χ0v) is 8.55. The first-order valence-corrected chi connectivity index (χ1v) is 4.63. The molecule has 1 aromatic heterocycles. The fourth-order valence-electron chi connectivity index (χ4n) is 1.23. The Balaban J connectivity index is 2.49. The summed E-state index contributed by atoms with van der Waals surface area (Å²) in [5.74, 6) is 1.96. The van der Waals surface area contributed by atoms with Gasteiger partial charge in [0.25, 0.3) is 0 Å². The summed E-state index contributed by atoms with van der Waals surface area (Å²) in [5, 5.41) is 3.32. The summed E-state index contributed by atoms with van der Waals surface area (Å²) in [6.45, 7) is 7.51. The Kier molecular flexibility index (Phi) is 3.51. The van der Waals surface area contributed by atoms with Gasteiger partial charge in [0.2, 0.25) is 0 Å². The van der Waals surface area contributed by atoms with Crippen molar-refractivity contribution >= 4 is 0 Å². The molecule has 0 radical (unpaired) electrons. The molecule has 1 aromatic rings. The third kappa shape index (κ3) is 2.86. The van der Waals surface area contributed by atoms with Crippen molar-refractivity contribution in [2.75, 3.05) is 6.54 Å². The van der Waals surface area contributed by atoms with Gasteiger partial charge in [-0.25, -0.2) is 0 Å². The summed E-state index contributed by atoms with van der Waals surface area (Å²) in [6.07, 6.45) is 0. The summed E-state index contributed by atoms with van der Waals surface area (Å²) >= 11 is 0. The molecule has 3 N–H and O–H groups in total. The molecular formula is C10H18N2O. The lowest BCUT2D eigenvalue weighted by atomic mass is 10.2. The van der Waals surface area contributed by atoms with Crippen molar-refractivity contribution in [2.45, 2.75) is 33.4 Å². The fourth-order valence-corrected chi connectivity index (χ4v) is 1.23. The second-order valence-corrected chi connectivity index (χ2v) is 3.46. The average molecular weight is 182 g/mol. The molecule has 0 aliphatic rings. The highest BCUT2D eigenvalue weighted by atomic mass is 16.3. The van der Waals surface area contributed by atoms with Gasteiger partial charge < -0.3 is 15.5 Å². The second kappa shape index (κ2) is 4.44. The number of aryl methyl sites for hydroxylation is 2. The van der Waals surface area contributed by atoms with Crippen LogP contribution in [-0.2, 0) is 6.54 Å². The summed E-state index contributed by atoms with van der Waals surface area (Å²) in [7, 11) is 0. The number of rotatable bonds is 4. The Bertz CT molecular complexity index is 268. The Hall–Kier alpha value is -0.800. The lowest BCUT2D eigenvalue weighted by Crippen LogP contribution is -2.32. The fraction of sp³-hybridized carbons (Fsp3) is 0.600. The van der Waals surface area contributed by atoms with E-state index in [-0.39, 0.29) is 0 Å². The van der Waals surface area contributed by atoms with Crippen LogP contribution in [0.25, 0.3) is 0 Å². The first-order valence-electron chi connectivity index (χ1n) is 4.63.